The highest BCUT2D eigenvalue weighted by molar-refractivity contribution is 9.10. The first-order valence-electron chi connectivity index (χ1n) is 5.23. The van der Waals surface area contributed by atoms with Gasteiger partial charge in [0.1, 0.15) is 4.66 Å². The van der Waals surface area contributed by atoms with Gasteiger partial charge in [0, 0.05) is 5.69 Å². The Morgan fingerprint density at radius 2 is 1.88 bits per heavy atom. The lowest BCUT2D eigenvalue weighted by Crippen LogP contribution is -2.12. The molecule has 0 atom stereocenters. The summed E-state index contributed by atoms with van der Waals surface area (Å²) in [4.78, 5) is 0. The van der Waals surface area contributed by atoms with Crippen LogP contribution in [-0.4, -0.2) is 13.1 Å². The molecule has 0 aliphatic heterocycles. The fraction of sp³-hybridized carbons (Fsp3) is 0.455. The Morgan fingerprint density at radius 1 is 1.25 bits per heavy atom. The molecule has 0 amide bonds. The average molecular weight is 306 g/mol. The summed E-state index contributed by atoms with van der Waals surface area (Å²) in [7, 11) is -3.24. The Hall–Kier alpha value is -0.550. The van der Waals surface area contributed by atoms with E-state index in [0.29, 0.717) is 5.69 Å². The lowest BCUT2D eigenvalue weighted by molar-refractivity contribution is 0.606. The van der Waals surface area contributed by atoms with Gasteiger partial charge in [-0.15, -0.1) is 0 Å². The Balaban J connectivity index is 2.65. The first kappa shape index (κ1) is 13.5. The molecule has 0 heterocycles. The van der Waals surface area contributed by atoms with Crippen LogP contribution in [0.15, 0.2) is 24.3 Å². The molecule has 1 N–H and O–H groups in total. The number of rotatable bonds is 6. The van der Waals surface area contributed by atoms with Crippen molar-refractivity contribution in [2.24, 2.45) is 0 Å². The molecule has 3 nitrogen and oxygen atoms in total. The van der Waals surface area contributed by atoms with Crippen LogP contribution in [0, 0.1) is 0 Å². The fourth-order valence-electron chi connectivity index (χ4n) is 1.33. The molecule has 1 rings (SSSR count). The third kappa shape index (κ3) is 4.53. The average Bonchev–Trinajstić information content (AvgIpc) is 2.28. The van der Waals surface area contributed by atoms with Crippen molar-refractivity contribution < 1.29 is 8.42 Å². The number of alkyl halides is 1. The molecule has 0 radical (unpaired) electrons. The second-order valence-electron chi connectivity index (χ2n) is 3.63. The molecule has 16 heavy (non-hydrogen) atoms. The van der Waals surface area contributed by atoms with Crippen molar-refractivity contribution in [3.8, 4) is 0 Å². The third-order valence-electron chi connectivity index (χ3n) is 2.19. The minimum atomic E-state index is -3.24. The van der Waals surface area contributed by atoms with Crippen LogP contribution < -0.4 is 4.72 Å². The van der Waals surface area contributed by atoms with Crippen molar-refractivity contribution in [2.45, 2.75) is 26.2 Å². The Kier molecular flexibility index (Phi) is 5.28. The van der Waals surface area contributed by atoms with E-state index >= 15 is 0 Å². The Labute approximate surface area is 105 Å². The fourth-order valence-corrected chi connectivity index (χ4v) is 2.22. The van der Waals surface area contributed by atoms with E-state index < -0.39 is 10.0 Å². The van der Waals surface area contributed by atoms with Crippen molar-refractivity contribution >= 4 is 31.6 Å². The normalized spacial score (nSPS) is 11.4. The van der Waals surface area contributed by atoms with Gasteiger partial charge in [-0.2, -0.15) is 0 Å². The van der Waals surface area contributed by atoms with E-state index in [1.54, 1.807) is 12.1 Å². The van der Waals surface area contributed by atoms with Crippen LogP contribution >= 0.6 is 15.9 Å². The molecule has 1 aromatic carbocycles. The van der Waals surface area contributed by atoms with Gasteiger partial charge in [-0.3, -0.25) is 4.72 Å². The van der Waals surface area contributed by atoms with Crippen LogP contribution in [0.5, 0.6) is 0 Å². The summed E-state index contributed by atoms with van der Waals surface area (Å²) in [5.41, 5.74) is 1.85. The third-order valence-corrected chi connectivity index (χ3v) is 4.83. The molecule has 0 spiro atoms. The van der Waals surface area contributed by atoms with Crippen LogP contribution in [-0.2, 0) is 16.4 Å². The van der Waals surface area contributed by atoms with E-state index in [4.69, 9.17) is 0 Å². The predicted octanol–water partition coefficient (Wildman–Crippen LogP) is 3.12. The second-order valence-corrected chi connectivity index (χ2v) is 6.65. The minimum Gasteiger partial charge on any atom is -0.283 e. The molecule has 90 valence electrons. The van der Waals surface area contributed by atoms with Gasteiger partial charge in [-0.25, -0.2) is 8.42 Å². The largest absolute Gasteiger partial charge is 0.283 e. The van der Waals surface area contributed by atoms with Crippen LogP contribution in [0.25, 0.3) is 0 Å². The molecule has 0 saturated carbocycles. The summed E-state index contributed by atoms with van der Waals surface area (Å²) in [6.45, 7) is 2.15. The van der Waals surface area contributed by atoms with Gasteiger partial charge in [-0.05, 0) is 30.5 Å². The van der Waals surface area contributed by atoms with Gasteiger partial charge < -0.3 is 0 Å². The smallest absolute Gasteiger partial charge is 0.242 e. The van der Waals surface area contributed by atoms with E-state index in [9.17, 15) is 8.42 Å². The van der Waals surface area contributed by atoms with E-state index in [0.717, 1.165) is 19.3 Å². The lowest BCUT2D eigenvalue weighted by Gasteiger charge is -2.06. The molecular formula is C11H16BrNO2S. The maximum Gasteiger partial charge on any atom is 0.242 e. The maximum atomic E-state index is 11.3. The number of unbranched alkanes of at least 4 members (excludes halogenated alkanes) is 1. The topological polar surface area (TPSA) is 46.2 Å². The predicted molar refractivity (Wildman–Crippen MR) is 71.4 cm³/mol. The van der Waals surface area contributed by atoms with Crippen LogP contribution in [0.1, 0.15) is 25.3 Å². The number of anilines is 1. The molecule has 5 heteroatoms. The quantitative estimate of drug-likeness (QED) is 0.821. The van der Waals surface area contributed by atoms with E-state index in [1.165, 1.54) is 5.56 Å². The summed E-state index contributed by atoms with van der Waals surface area (Å²) >= 11 is 2.93. The number of sulfonamides is 1. The second kappa shape index (κ2) is 6.25. The van der Waals surface area contributed by atoms with Gasteiger partial charge in [0.25, 0.3) is 0 Å². The van der Waals surface area contributed by atoms with Crippen molar-refractivity contribution in [2.75, 3.05) is 9.38 Å². The molecular weight excluding hydrogens is 290 g/mol. The number of benzene rings is 1. The van der Waals surface area contributed by atoms with Crippen LogP contribution in [0.4, 0.5) is 5.69 Å². The highest BCUT2D eigenvalue weighted by Crippen LogP contribution is 2.13. The van der Waals surface area contributed by atoms with Crippen molar-refractivity contribution in [1.82, 2.24) is 0 Å². The summed E-state index contributed by atoms with van der Waals surface area (Å²) in [6.07, 6.45) is 3.37. The van der Waals surface area contributed by atoms with Gasteiger partial charge in [0.2, 0.25) is 10.0 Å². The van der Waals surface area contributed by atoms with Gasteiger partial charge in [0.15, 0.2) is 0 Å². The van der Waals surface area contributed by atoms with Crippen LogP contribution in [0.3, 0.4) is 0 Å². The number of aryl methyl sites for hydroxylation is 1. The number of hydrogen-bond acceptors (Lipinski definition) is 2. The molecule has 0 fully saturated rings. The van der Waals surface area contributed by atoms with Crippen molar-refractivity contribution in [3.63, 3.8) is 0 Å². The summed E-state index contributed by atoms with van der Waals surface area (Å²) < 4.78 is 24.9. The molecule has 0 saturated heterocycles. The first-order chi connectivity index (χ1) is 7.57. The summed E-state index contributed by atoms with van der Waals surface area (Å²) in [5.74, 6) is 0. The van der Waals surface area contributed by atoms with E-state index in [1.807, 2.05) is 12.1 Å². The highest BCUT2D eigenvalue weighted by atomic mass is 79.9. The minimum absolute atomic E-state index is 0.0857. The molecule has 0 aliphatic rings. The first-order valence-corrected chi connectivity index (χ1v) is 8.00. The van der Waals surface area contributed by atoms with Crippen molar-refractivity contribution in [1.29, 1.82) is 0 Å². The molecule has 0 bridgehead atoms. The van der Waals surface area contributed by atoms with Crippen molar-refractivity contribution in [3.05, 3.63) is 29.8 Å². The summed E-state index contributed by atoms with van der Waals surface area (Å²) in [6, 6.07) is 7.51. The highest BCUT2D eigenvalue weighted by Gasteiger charge is 2.06. The monoisotopic (exact) mass is 305 g/mol. The number of nitrogens with one attached hydrogen (secondary N) is 1. The zero-order valence-electron chi connectivity index (χ0n) is 9.24. The Morgan fingerprint density at radius 3 is 2.38 bits per heavy atom. The van der Waals surface area contributed by atoms with Crippen LogP contribution in [0.2, 0.25) is 0 Å². The molecule has 0 aromatic heterocycles. The number of hydrogen-bond donors (Lipinski definition) is 1. The standard InChI is InChI=1S/C11H16BrNO2S/c1-2-3-4-10-5-7-11(8-6-10)13-16(14,15)9-12/h5-8,13H,2-4,9H2,1H3. The maximum absolute atomic E-state index is 11.3. The summed E-state index contributed by atoms with van der Waals surface area (Å²) in [5, 5.41) is 0. The van der Waals surface area contributed by atoms with E-state index in [-0.39, 0.29) is 4.66 Å². The number of halogens is 1. The van der Waals surface area contributed by atoms with Gasteiger partial charge >= 0.3 is 0 Å². The van der Waals surface area contributed by atoms with E-state index in [2.05, 4.69) is 27.6 Å². The molecule has 1 aromatic rings. The van der Waals surface area contributed by atoms with Gasteiger partial charge in [0.05, 0.1) is 0 Å². The van der Waals surface area contributed by atoms with Gasteiger partial charge in [-0.1, -0.05) is 41.4 Å². The zero-order chi connectivity index (χ0) is 12.0. The SMILES string of the molecule is CCCCc1ccc(NS(=O)(=O)CBr)cc1. The molecule has 0 aliphatic carbocycles. The zero-order valence-corrected chi connectivity index (χ0v) is 11.6. The molecule has 0 unspecified atom stereocenters. The lowest BCUT2D eigenvalue weighted by atomic mass is 10.1. The Bertz CT molecular complexity index is 414.